The van der Waals surface area contributed by atoms with E-state index in [0.717, 1.165) is 0 Å². The number of rotatable bonds is 1. The van der Waals surface area contributed by atoms with E-state index in [1.807, 2.05) is 0 Å². The van der Waals surface area contributed by atoms with E-state index in [1.165, 1.54) is 4.90 Å². The number of carbonyl (C=O) groups excluding carboxylic acids is 2. The number of amides is 2. The Bertz CT molecular complexity index is 213. The van der Waals surface area contributed by atoms with Crippen LogP contribution in [0, 0.1) is 5.92 Å². The zero-order chi connectivity index (χ0) is 9.30. The molecule has 2 amide bonds. The monoisotopic (exact) mass is 170 g/mol. The van der Waals surface area contributed by atoms with Crippen LogP contribution in [0.15, 0.2) is 0 Å². The van der Waals surface area contributed by atoms with E-state index in [9.17, 15) is 9.59 Å². The lowest BCUT2D eigenvalue weighted by molar-refractivity contribution is -0.143. The van der Waals surface area contributed by atoms with E-state index >= 15 is 0 Å². The maximum Gasteiger partial charge on any atom is 0.231 e. The van der Waals surface area contributed by atoms with Crippen molar-refractivity contribution in [2.75, 3.05) is 6.54 Å². The average molecular weight is 170 g/mol. The van der Waals surface area contributed by atoms with E-state index in [2.05, 4.69) is 0 Å². The highest BCUT2D eigenvalue weighted by Crippen LogP contribution is 2.12. The molecule has 1 rings (SSSR count). The first-order valence-corrected chi connectivity index (χ1v) is 4.12. The number of likely N-dealkylation sites (tertiary alicyclic amines) is 1. The zero-order valence-electron chi connectivity index (χ0n) is 7.41. The third-order valence-corrected chi connectivity index (χ3v) is 1.91. The number of carbonyl (C=O) groups is 2. The van der Waals surface area contributed by atoms with Crippen molar-refractivity contribution >= 4 is 11.8 Å². The van der Waals surface area contributed by atoms with Crippen LogP contribution < -0.4 is 5.73 Å². The Balaban J connectivity index is 2.64. The highest BCUT2D eigenvalue weighted by molar-refractivity contribution is 5.97. The molecule has 1 unspecified atom stereocenters. The summed E-state index contributed by atoms with van der Waals surface area (Å²) >= 11 is 0. The second-order valence-electron chi connectivity index (χ2n) is 3.46. The van der Waals surface area contributed by atoms with Gasteiger partial charge in [0.2, 0.25) is 11.8 Å². The molecular formula is C8H14N2O2. The molecule has 0 aromatic carbocycles. The minimum Gasteiger partial charge on any atom is -0.326 e. The second-order valence-corrected chi connectivity index (χ2v) is 3.46. The summed E-state index contributed by atoms with van der Waals surface area (Å²) in [6.45, 7) is 3.94. The molecule has 1 heterocycles. The van der Waals surface area contributed by atoms with E-state index in [-0.39, 0.29) is 23.8 Å². The standard InChI is InChI=1S/C8H14N2O2/c1-5(2)8(12)10-4-6(9)3-7(10)11/h5-6H,3-4,9H2,1-2H3. The van der Waals surface area contributed by atoms with Crippen molar-refractivity contribution in [3.63, 3.8) is 0 Å². The van der Waals surface area contributed by atoms with Gasteiger partial charge in [-0.1, -0.05) is 13.8 Å². The maximum absolute atomic E-state index is 11.4. The Morgan fingerprint density at radius 1 is 1.67 bits per heavy atom. The van der Waals surface area contributed by atoms with Gasteiger partial charge in [0.15, 0.2) is 0 Å². The second kappa shape index (κ2) is 3.23. The fourth-order valence-electron chi connectivity index (χ4n) is 1.26. The minimum absolute atomic E-state index is 0.118. The molecule has 1 atom stereocenters. The predicted molar refractivity (Wildman–Crippen MR) is 44.2 cm³/mol. The highest BCUT2D eigenvalue weighted by atomic mass is 16.2. The van der Waals surface area contributed by atoms with Crippen LogP contribution in [-0.4, -0.2) is 29.3 Å². The van der Waals surface area contributed by atoms with Gasteiger partial charge in [-0.05, 0) is 0 Å². The molecule has 68 valence electrons. The topological polar surface area (TPSA) is 63.4 Å². The van der Waals surface area contributed by atoms with Crippen LogP contribution >= 0.6 is 0 Å². The summed E-state index contributed by atoms with van der Waals surface area (Å²) < 4.78 is 0. The van der Waals surface area contributed by atoms with Crippen molar-refractivity contribution in [2.24, 2.45) is 11.7 Å². The number of imide groups is 1. The average Bonchev–Trinajstić information content (AvgIpc) is 2.28. The van der Waals surface area contributed by atoms with Gasteiger partial charge in [-0.25, -0.2) is 0 Å². The lowest BCUT2D eigenvalue weighted by atomic mass is 10.2. The fourth-order valence-corrected chi connectivity index (χ4v) is 1.26. The molecule has 0 bridgehead atoms. The summed E-state index contributed by atoms with van der Waals surface area (Å²) in [5, 5.41) is 0. The Morgan fingerprint density at radius 3 is 2.58 bits per heavy atom. The molecule has 0 radical (unpaired) electrons. The van der Waals surface area contributed by atoms with E-state index in [4.69, 9.17) is 5.73 Å². The molecule has 0 aliphatic carbocycles. The lowest BCUT2D eigenvalue weighted by Crippen LogP contribution is -2.36. The van der Waals surface area contributed by atoms with Gasteiger partial charge in [-0.15, -0.1) is 0 Å². The van der Waals surface area contributed by atoms with Crippen molar-refractivity contribution in [1.82, 2.24) is 4.90 Å². The van der Waals surface area contributed by atoms with Gasteiger partial charge in [0.05, 0.1) is 0 Å². The largest absolute Gasteiger partial charge is 0.326 e. The van der Waals surface area contributed by atoms with E-state index in [0.29, 0.717) is 13.0 Å². The third-order valence-electron chi connectivity index (χ3n) is 1.91. The zero-order valence-corrected chi connectivity index (χ0v) is 7.41. The van der Waals surface area contributed by atoms with Crippen LogP contribution in [0.25, 0.3) is 0 Å². The molecule has 1 fully saturated rings. The van der Waals surface area contributed by atoms with Gasteiger partial charge in [-0.2, -0.15) is 0 Å². The number of nitrogens with zero attached hydrogens (tertiary/aromatic N) is 1. The van der Waals surface area contributed by atoms with Gasteiger partial charge in [0.1, 0.15) is 0 Å². The van der Waals surface area contributed by atoms with Crippen LogP contribution in [0.4, 0.5) is 0 Å². The summed E-state index contributed by atoms with van der Waals surface area (Å²) in [6.07, 6.45) is 0.304. The first-order valence-electron chi connectivity index (χ1n) is 4.12. The van der Waals surface area contributed by atoms with Gasteiger partial charge in [-0.3, -0.25) is 14.5 Å². The lowest BCUT2D eigenvalue weighted by Gasteiger charge is -2.15. The molecule has 0 aromatic rings. The van der Waals surface area contributed by atoms with Crippen molar-refractivity contribution in [1.29, 1.82) is 0 Å². The van der Waals surface area contributed by atoms with Crippen molar-refractivity contribution in [3.05, 3.63) is 0 Å². The van der Waals surface area contributed by atoms with Gasteiger partial charge in [0, 0.05) is 24.9 Å². The maximum atomic E-state index is 11.4. The Kier molecular flexibility index (Phi) is 2.47. The molecule has 2 N–H and O–H groups in total. The Morgan fingerprint density at radius 2 is 2.25 bits per heavy atom. The van der Waals surface area contributed by atoms with Gasteiger partial charge >= 0.3 is 0 Å². The molecule has 1 saturated heterocycles. The Labute approximate surface area is 71.7 Å². The van der Waals surface area contributed by atoms with Crippen molar-refractivity contribution < 1.29 is 9.59 Å². The van der Waals surface area contributed by atoms with Crippen LogP contribution in [0.5, 0.6) is 0 Å². The van der Waals surface area contributed by atoms with Crippen molar-refractivity contribution in [3.8, 4) is 0 Å². The molecule has 12 heavy (non-hydrogen) atoms. The Hall–Kier alpha value is -0.900. The van der Waals surface area contributed by atoms with E-state index < -0.39 is 0 Å². The smallest absolute Gasteiger partial charge is 0.231 e. The molecule has 0 aromatic heterocycles. The summed E-state index contributed by atoms with van der Waals surface area (Å²) in [5.41, 5.74) is 5.54. The molecular weight excluding hydrogens is 156 g/mol. The van der Waals surface area contributed by atoms with Gasteiger partial charge < -0.3 is 5.73 Å². The van der Waals surface area contributed by atoms with Crippen LogP contribution in [0.3, 0.4) is 0 Å². The predicted octanol–water partition coefficient (Wildman–Crippen LogP) is -0.271. The SMILES string of the molecule is CC(C)C(=O)N1CC(N)CC1=O. The van der Waals surface area contributed by atoms with Crippen molar-refractivity contribution in [2.45, 2.75) is 26.3 Å². The van der Waals surface area contributed by atoms with Crippen LogP contribution in [0.2, 0.25) is 0 Å². The molecule has 4 nitrogen and oxygen atoms in total. The third kappa shape index (κ3) is 1.64. The summed E-state index contributed by atoms with van der Waals surface area (Å²) in [4.78, 5) is 23.8. The van der Waals surface area contributed by atoms with E-state index in [1.54, 1.807) is 13.8 Å². The molecule has 1 aliphatic heterocycles. The molecule has 0 spiro atoms. The summed E-state index contributed by atoms with van der Waals surface area (Å²) in [7, 11) is 0. The summed E-state index contributed by atoms with van der Waals surface area (Å²) in [5.74, 6) is -0.381. The van der Waals surface area contributed by atoms with Crippen LogP contribution in [-0.2, 0) is 9.59 Å². The minimum atomic E-state index is -0.166. The molecule has 0 saturated carbocycles. The van der Waals surface area contributed by atoms with Gasteiger partial charge in [0.25, 0.3) is 0 Å². The molecule has 4 heteroatoms. The molecule has 1 aliphatic rings. The number of hydrogen-bond donors (Lipinski definition) is 1. The fraction of sp³-hybridized carbons (Fsp3) is 0.750. The number of nitrogens with two attached hydrogens (primary N) is 1. The highest BCUT2D eigenvalue weighted by Gasteiger charge is 2.32. The summed E-state index contributed by atoms with van der Waals surface area (Å²) in [6, 6.07) is -0.166. The normalized spacial score (nSPS) is 23.8. The first kappa shape index (κ1) is 9.19. The number of hydrogen-bond acceptors (Lipinski definition) is 3. The quantitative estimate of drug-likeness (QED) is 0.589. The first-order chi connectivity index (χ1) is 5.52. The van der Waals surface area contributed by atoms with Crippen LogP contribution in [0.1, 0.15) is 20.3 Å².